The lowest BCUT2D eigenvalue weighted by Gasteiger charge is -2.34. The fraction of sp³-hybridized carbons (Fsp3) is 0.387. The molecule has 0 unspecified atom stereocenters. The number of anilines is 1. The molecule has 9 nitrogen and oxygen atoms in total. The van der Waals surface area contributed by atoms with Crippen LogP contribution in [-0.2, 0) is 9.59 Å². The van der Waals surface area contributed by atoms with Crippen molar-refractivity contribution in [2.24, 2.45) is 11.3 Å². The van der Waals surface area contributed by atoms with Gasteiger partial charge in [-0.3, -0.25) is 9.59 Å². The zero-order valence-corrected chi connectivity index (χ0v) is 23.7. The predicted octanol–water partition coefficient (Wildman–Crippen LogP) is 6.09. The Hall–Kier alpha value is -4.27. The van der Waals surface area contributed by atoms with Gasteiger partial charge in [-0.1, -0.05) is 52.8 Å². The van der Waals surface area contributed by atoms with Crippen molar-refractivity contribution in [3.05, 3.63) is 60.9 Å². The maximum Gasteiger partial charge on any atom is 0.230 e. The third-order valence-electron chi connectivity index (χ3n) is 7.06. The highest BCUT2D eigenvalue weighted by Gasteiger charge is 2.31. The van der Waals surface area contributed by atoms with E-state index in [9.17, 15) is 9.59 Å². The van der Waals surface area contributed by atoms with Crippen LogP contribution in [0.1, 0.15) is 53.5 Å². The van der Waals surface area contributed by atoms with Crippen molar-refractivity contribution >= 4 is 28.7 Å². The fourth-order valence-corrected chi connectivity index (χ4v) is 4.84. The van der Waals surface area contributed by atoms with Crippen molar-refractivity contribution in [3.8, 4) is 22.8 Å². The van der Waals surface area contributed by atoms with Crippen molar-refractivity contribution in [1.29, 1.82) is 0 Å². The summed E-state index contributed by atoms with van der Waals surface area (Å²) in [6, 6.07) is 17.2. The van der Waals surface area contributed by atoms with Crippen molar-refractivity contribution in [3.63, 3.8) is 0 Å². The maximum atomic E-state index is 13.0. The van der Waals surface area contributed by atoms with E-state index in [1.807, 2.05) is 98.8 Å². The molecule has 2 amide bonds. The summed E-state index contributed by atoms with van der Waals surface area (Å²) in [6.07, 6.45) is 3.21. The van der Waals surface area contributed by atoms with Gasteiger partial charge < -0.3 is 15.0 Å². The van der Waals surface area contributed by atoms with Gasteiger partial charge in [0.1, 0.15) is 29.3 Å². The zero-order chi connectivity index (χ0) is 28.4. The molecule has 1 N–H and O–H groups in total. The van der Waals surface area contributed by atoms with Gasteiger partial charge in [-0.25, -0.2) is 14.6 Å². The number of likely N-dealkylation sites (tertiary alicyclic amines) is 1. The third-order valence-corrected chi connectivity index (χ3v) is 7.06. The lowest BCUT2D eigenvalue weighted by atomic mass is 9.95. The second-order valence-corrected chi connectivity index (χ2v) is 11.6. The lowest BCUT2D eigenvalue weighted by Crippen LogP contribution is -2.42. The van der Waals surface area contributed by atoms with Crippen LogP contribution in [0, 0.1) is 11.3 Å². The van der Waals surface area contributed by atoms with Crippen molar-refractivity contribution in [2.75, 3.05) is 18.4 Å². The molecule has 0 radical (unpaired) electrons. The summed E-state index contributed by atoms with van der Waals surface area (Å²) in [5.41, 5.74) is 1.53. The molecule has 1 atom stereocenters. The molecule has 0 bridgehead atoms. The van der Waals surface area contributed by atoms with Crippen molar-refractivity contribution in [2.45, 2.75) is 53.5 Å². The molecule has 1 saturated heterocycles. The number of amides is 2. The Morgan fingerprint density at radius 1 is 1.00 bits per heavy atom. The number of benzene rings is 2. The SMILES string of the molecule is CC(C)C(=O)N1CCC[C@@H](n2nc(-c3ccc(Oc4ccccc4)cc3)c3c(NC(=O)C(C)(C)C)ncnc32)C1. The molecular formula is C31H36N6O3. The van der Waals surface area contributed by atoms with Crippen LogP contribution in [0.2, 0.25) is 0 Å². The Balaban J connectivity index is 1.56. The molecule has 4 aromatic rings. The molecule has 9 heteroatoms. The molecule has 2 aromatic heterocycles. The fourth-order valence-electron chi connectivity index (χ4n) is 4.84. The Morgan fingerprint density at radius 2 is 1.70 bits per heavy atom. The topological polar surface area (TPSA) is 102 Å². The number of fused-ring (bicyclic) bond motifs is 1. The highest BCUT2D eigenvalue weighted by atomic mass is 16.5. The molecule has 2 aromatic carbocycles. The first-order chi connectivity index (χ1) is 19.1. The summed E-state index contributed by atoms with van der Waals surface area (Å²) >= 11 is 0. The van der Waals surface area contributed by atoms with Crippen LogP contribution in [0.5, 0.6) is 11.5 Å². The van der Waals surface area contributed by atoms with E-state index in [2.05, 4.69) is 15.3 Å². The number of para-hydroxylation sites is 1. The molecule has 1 aliphatic rings. The largest absolute Gasteiger partial charge is 0.457 e. The molecule has 0 aliphatic carbocycles. The van der Waals surface area contributed by atoms with Gasteiger partial charge in [0.25, 0.3) is 0 Å². The van der Waals surface area contributed by atoms with Gasteiger partial charge in [0.2, 0.25) is 11.8 Å². The van der Waals surface area contributed by atoms with Crippen molar-refractivity contribution in [1.82, 2.24) is 24.6 Å². The van der Waals surface area contributed by atoms with E-state index in [1.165, 1.54) is 6.33 Å². The summed E-state index contributed by atoms with van der Waals surface area (Å²) in [6.45, 7) is 10.7. The number of piperidine rings is 1. The Morgan fingerprint density at radius 3 is 2.38 bits per heavy atom. The molecule has 1 aliphatic heterocycles. The Bertz CT molecular complexity index is 1510. The van der Waals surface area contributed by atoms with Crippen LogP contribution in [0.3, 0.4) is 0 Å². The van der Waals surface area contributed by atoms with Gasteiger partial charge in [-0.05, 0) is 49.2 Å². The molecule has 0 spiro atoms. The number of carbonyl (C=O) groups is 2. The minimum atomic E-state index is -0.606. The smallest absolute Gasteiger partial charge is 0.230 e. The van der Waals surface area contributed by atoms with Gasteiger partial charge >= 0.3 is 0 Å². The van der Waals surface area contributed by atoms with Crippen LogP contribution >= 0.6 is 0 Å². The summed E-state index contributed by atoms with van der Waals surface area (Å²) in [5, 5.41) is 8.72. The number of rotatable bonds is 6. The van der Waals surface area contributed by atoms with Gasteiger partial charge in [0, 0.05) is 30.0 Å². The Labute approximate surface area is 234 Å². The van der Waals surface area contributed by atoms with E-state index in [4.69, 9.17) is 9.84 Å². The predicted molar refractivity (Wildman–Crippen MR) is 155 cm³/mol. The summed E-state index contributed by atoms with van der Waals surface area (Å²) in [4.78, 5) is 36.8. The number of hydrogen-bond acceptors (Lipinski definition) is 6. The molecular weight excluding hydrogens is 504 g/mol. The minimum Gasteiger partial charge on any atom is -0.457 e. The first kappa shape index (κ1) is 27.3. The van der Waals surface area contributed by atoms with E-state index in [0.29, 0.717) is 34.8 Å². The molecule has 3 heterocycles. The van der Waals surface area contributed by atoms with Gasteiger partial charge in [0.15, 0.2) is 5.65 Å². The highest BCUT2D eigenvalue weighted by Crippen LogP contribution is 2.36. The second kappa shape index (κ2) is 11.1. The number of ether oxygens (including phenoxy) is 1. The third kappa shape index (κ3) is 5.68. The molecule has 40 heavy (non-hydrogen) atoms. The zero-order valence-electron chi connectivity index (χ0n) is 23.7. The van der Waals surface area contributed by atoms with Crippen LogP contribution in [0.15, 0.2) is 60.9 Å². The standard InChI is InChI=1S/C31H36N6O3/c1-20(2)29(38)36-17-9-10-22(18-36)37-28-25(27(32-19-33-28)34-30(39)31(3,4)5)26(35-37)21-13-15-24(16-14-21)40-23-11-7-6-8-12-23/h6-8,11-16,19-20,22H,9-10,17-18H2,1-5H3,(H,32,33,34,39)/t22-/m1/s1. The second-order valence-electron chi connectivity index (χ2n) is 11.6. The summed E-state index contributed by atoms with van der Waals surface area (Å²) in [5.74, 6) is 1.80. The normalized spacial score (nSPS) is 15.8. The average Bonchev–Trinajstić information content (AvgIpc) is 3.34. The number of carbonyl (C=O) groups excluding carboxylic acids is 2. The maximum absolute atomic E-state index is 13.0. The van der Waals surface area contributed by atoms with Gasteiger partial charge in [-0.2, -0.15) is 5.10 Å². The van der Waals surface area contributed by atoms with E-state index in [1.54, 1.807) is 0 Å². The number of aromatic nitrogens is 4. The molecule has 0 saturated carbocycles. The highest BCUT2D eigenvalue weighted by molar-refractivity contribution is 6.05. The quantitative estimate of drug-likeness (QED) is 0.318. The van der Waals surface area contributed by atoms with Crippen LogP contribution in [-0.4, -0.2) is 49.6 Å². The van der Waals surface area contributed by atoms with Crippen LogP contribution < -0.4 is 10.1 Å². The summed E-state index contributed by atoms with van der Waals surface area (Å²) < 4.78 is 7.89. The molecule has 208 valence electrons. The first-order valence-corrected chi connectivity index (χ1v) is 13.8. The number of nitrogens with zero attached hydrogens (tertiary/aromatic N) is 5. The van der Waals surface area contributed by atoms with E-state index in [0.717, 1.165) is 30.7 Å². The van der Waals surface area contributed by atoms with E-state index < -0.39 is 5.41 Å². The van der Waals surface area contributed by atoms with E-state index >= 15 is 0 Å². The summed E-state index contributed by atoms with van der Waals surface area (Å²) in [7, 11) is 0. The van der Waals surface area contributed by atoms with Gasteiger partial charge in [0.05, 0.1) is 11.4 Å². The van der Waals surface area contributed by atoms with Crippen LogP contribution in [0.4, 0.5) is 5.82 Å². The average molecular weight is 541 g/mol. The Kier molecular flexibility index (Phi) is 7.56. The molecule has 1 fully saturated rings. The number of hydrogen-bond donors (Lipinski definition) is 1. The molecule has 5 rings (SSSR count). The van der Waals surface area contributed by atoms with E-state index in [-0.39, 0.29) is 23.8 Å². The first-order valence-electron chi connectivity index (χ1n) is 13.8. The number of nitrogens with one attached hydrogen (secondary N) is 1. The van der Waals surface area contributed by atoms with Crippen LogP contribution in [0.25, 0.3) is 22.3 Å². The monoisotopic (exact) mass is 540 g/mol. The lowest BCUT2D eigenvalue weighted by molar-refractivity contribution is -0.136. The minimum absolute atomic E-state index is 0.0468. The van der Waals surface area contributed by atoms with Gasteiger partial charge in [-0.15, -0.1) is 0 Å². The van der Waals surface area contributed by atoms with Crippen molar-refractivity contribution < 1.29 is 14.3 Å².